The van der Waals surface area contributed by atoms with Gasteiger partial charge in [0.1, 0.15) is 0 Å². The van der Waals surface area contributed by atoms with E-state index in [0.29, 0.717) is 0 Å². The van der Waals surface area contributed by atoms with Crippen LogP contribution in [0.2, 0.25) is 0 Å². The zero-order chi connectivity index (χ0) is 13.8. The first-order valence-electron chi connectivity index (χ1n) is 6.32. The number of nitrogens with zero attached hydrogens (tertiary/aromatic N) is 1. The summed E-state index contributed by atoms with van der Waals surface area (Å²) in [4.78, 5) is 14.2. The molecule has 1 heterocycles. The van der Waals surface area contributed by atoms with Gasteiger partial charge in [-0.1, -0.05) is 35.0 Å². The van der Waals surface area contributed by atoms with E-state index < -0.39 is 5.54 Å². The first-order chi connectivity index (χ1) is 8.91. The molecule has 19 heavy (non-hydrogen) atoms. The summed E-state index contributed by atoms with van der Waals surface area (Å²) in [5, 5.41) is 11.1. The maximum absolute atomic E-state index is 12.7. The van der Waals surface area contributed by atoms with Crippen LogP contribution >= 0.6 is 15.9 Å². The smallest absolute Gasteiger partial charge is 0.260 e. The SMILES string of the molecule is CN1C(=N)NC(c2cccc(Br)c2)(C2(C)CC2)C1=O. The van der Waals surface area contributed by atoms with E-state index in [1.54, 1.807) is 7.05 Å². The van der Waals surface area contributed by atoms with Crippen LogP contribution in [0.15, 0.2) is 28.7 Å². The van der Waals surface area contributed by atoms with Gasteiger partial charge in [0, 0.05) is 16.9 Å². The van der Waals surface area contributed by atoms with Crippen molar-refractivity contribution in [2.75, 3.05) is 7.05 Å². The maximum atomic E-state index is 12.7. The van der Waals surface area contributed by atoms with Crippen LogP contribution in [0, 0.1) is 10.8 Å². The zero-order valence-electron chi connectivity index (χ0n) is 11.0. The summed E-state index contributed by atoms with van der Waals surface area (Å²) < 4.78 is 0.948. The van der Waals surface area contributed by atoms with Gasteiger partial charge in [0.25, 0.3) is 5.91 Å². The van der Waals surface area contributed by atoms with E-state index in [1.807, 2.05) is 24.3 Å². The number of carbonyl (C=O) groups excluding carboxylic acids is 1. The van der Waals surface area contributed by atoms with Crippen LogP contribution < -0.4 is 5.32 Å². The summed E-state index contributed by atoms with van der Waals surface area (Å²) in [6, 6.07) is 7.82. The van der Waals surface area contributed by atoms with Crippen LogP contribution in [0.25, 0.3) is 0 Å². The van der Waals surface area contributed by atoms with Gasteiger partial charge in [-0.3, -0.25) is 15.1 Å². The Morgan fingerprint density at radius 2 is 2.11 bits per heavy atom. The quantitative estimate of drug-likeness (QED) is 0.879. The van der Waals surface area contributed by atoms with E-state index in [2.05, 4.69) is 28.2 Å². The molecule has 100 valence electrons. The number of benzene rings is 1. The van der Waals surface area contributed by atoms with E-state index in [-0.39, 0.29) is 17.3 Å². The lowest BCUT2D eigenvalue weighted by Gasteiger charge is -2.34. The lowest BCUT2D eigenvalue weighted by molar-refractivity contribution is -0.133. The summed E-state index contributed by atoms with van der Waals surface area (Å²) in [5.74, 6) is 0.147. The second-order valence-electron chi connectivity index (χ2n) is 5.66. The third kappa shape index (κ3) is 1.57. The molecule has 3 rings (SSSR count). The molecule has 1 aromatic carbocycles. The Labute approximate surface area is 120 Å². The Morgan fingerprint density at radius 3 is 2.58 bits per heavy atom. The van der Waals surface area contributed by atoms with Crippen molar-refractivity contribution in [3.63, 3.8) is 0 Å². The fourth-order valence-corrected chi connectivity index (χ4v) is 3.30. The summed E-state index contributed by atoms with van der Waals surface area (Å²) >= 11 is 3.46. The predicted octanol–water partition coefficient (Wildman–Crippen LogP) is 2.44. The van der Waals surface area contributed by atoms with Gasteiger partial charge in [0.15, 0.2) is 11.5 Å². The Balaban J connectivity index is 2.20. The van der Waals surface area contributed by atoms with E-state index in [9.17, 15) is 4.79 Å². The summed E-state index contributed by atoms with van der Waals surface area (Å²) in [6.07, 6.45) is 2.00. The van der Waals surface area contributed by atoms with Crippen molar-refractivity contribution in [2.45, 2.75) is 25.3 Å². The highest BCUT2D eigenvalue weighted by Gasteiger charge is 2.65. The van der Waals surface area contributed by atoms with Crippen molar-refractivity contribution < 1.29 is 4.79 Å². The minimum atomic E-state index is -0.789. The molecule has 2 N–H and O–H groups in total. The monoisotopic (exact) mass is 321 g/mol. The van der Waals surface area contributed by atoms with Crippen LogP contribution in [0.1, 0.15) is 25.3 Å². The number of rotatable bonds is 2. The minimum absolute atomic E-state index is 0.0319. The highest BCUT2D eigenvalue weighted by Crippen LogP contribution is 2.59. The molecule has 0 radical (unpaired) electrons. The molecule has 1 unspecified atom stereocenters. The lowest BCUT2D eigenvalue weighted by atomic mass is 9.76. The molecule has 4 nitrogen and oxygen atoms in total. The normalized spacial score (nSPS) is 28.5. The second kappa shape index (κ2) is 3.82. The number of hydrogen-bond acceptors (Lipinski definition) is 2. The van der Waals surface area contributed by atoms with Gasteiger partial charge in [-0.15, -0.1) is 0 Å². The highest BCUT2D eigenvalue weighted by molar-refractivity contribution is 9.10. The number of amides is 1. The Bertz CT molecular complexity index is 582. The average Bonchev–Trinajstić information content (AvgIpc) is 3.08. The van der Waals surface area contributed by atoms with Crippen LogP contribution in [0.5, 0.6) is 0 Å². The topological polar surface area (TPSA) is 56.2 Å². The van der Waals surface area contributed by atoms with Crippen LogP contribution in [0.3, 0.4) is 0 Å². The number of carbonyl (C=O) groups is 1. The van der Waals surface area contributed by atoms with Gasteiger partial charge in [-0.05, 0) is 30.5 Å². The molecule has 1 aliphatic carbocycles. The molecule has 0 aromatic heterocycles. The first-order valence-corrected chi connectivity index (χ1v) is 7.11. The van der Waals surface area contributed by atoms with Gasteiger partial charge in [-0.2, -0.15) is 0 Å². The molecule has 2 aliphatic rings. The molecule has 1 aromatic rings. The molecule has 1 aliphatic heterocycles. The van der Waals surface area contributed by atoms with Gasteiger partial charge >= 0.3 is 0 Å². The zero-order valence-corrected chi connectivity index (χ0v) is 12.5. The number of hydrogen-bond donors (Lipinski definition) is 2. The molecule has 0 spiro atoms. The summed E-state index contributed by atoms with van der Waals surface area (Å²) in [7, 11) is 1.66. The standard InChI is InChI=1S/C14H16BrN3O/c1-13(6-7-13)14(9-4-3-5-10(15)8-9)11(19)18(2)12(16)17-14/h3-5,8H,6-7H2,1-2H3,(H2,16,17). The molecule has 2 fully saturated rings. The molecule has 1 atom stereocenters. The van der Waals surface area contributed by atoms with Gasteiger partial charge in [0.05, 0.1) is 0 Å². The van der Waals surface area contributed by atoms with Crippen molar-refractivity contribution in [3.8, 4) is 0 Å². The van der Waals surface area contributed by atoms with E-state index in [0.717, 1.165) is 22.9 Å². The number of guanidine groups is 1. The Morgan fingerprint density at radius 1 is 1.42 bits per heavy atom. The van der Waals surface area contributed by atoms with Gasteiger partial charge in [0.2, 0.25) is 0 Å². The van der Waals surface area contributed by atoms with E-state index >= 15 is 0 Å². The number of nitrogens with one attached hydrogen (secondary N) is 2. The van der Waals surface area contributed by atoms with Gasteiger partial charge in [-0.25, -0.2) is 0 Å². The molecular formula is C14H16BrN3O. The van der Waals surface area contributed by atoms with Crippen molar-refractivity contribution in [3.05, 3.63) is 34.3 Å². The predicted molar refractivity (Wildman–Crippen MR) is 76.8 cm³/mol. The van der Waals surface area contributed by atoms with E-state index in [4.69, 9.17) is 5.41 Å². The van der Waals surface area contributed by atoms with Crippen molar-refractivity contribution in [2.24, 2.45) is 5.41 Å². The molecular weight excluding hydrogens is 306 g/mol. The Hall–Kier alpha value is -1.36. The van der Waals surface area contributed by atoms with Gasteiger partial charge < -0.3 is 5.32 Å². The molecule has 1 saturated heterocycles. The maximum Gasteiger partial charge on any atom is 0.260 e. The molecule has 0 bridgehead atoms. The number of likely N-dealkylation sites (N-methyl/N-ethyl adjacent to an activating group) is 1. The summed E-state index contributed by atoms with van der Waals surface area (Å²) in [6.45, 7) is 2.12. The average molecular weight is 322 g/mol. The third-order valence-corrected chi connectivity index (χ3v) is 4.92. The second-order valence-corrected chi connectivity index (χ2v) is 6.57. The first kappa shape index (κ1) is 12.7. The van der Waals surface area contributed by atoms with Crippen molar-refractivity contribution >= 4 is 27.8 Å². The fourth-order valence-electron chi connectivity index (χ4n) is 2.91. The van der Waals surface area contributed by atoms with E-state index in [1.165, 1.54) is 4.90 Å². The van der Waals surface area contributed by atoms with Crippen molar-refractivity contribution in [1.82, 2.24) is 10.2 Å². The minimum Gasteiger partial charge on any atom is -0.338 e. The highest BCUT2D eigenvalue weighted by atomic mass is 79.9. The third-order valence-electron chi connectivity index (χ3n) is 4.43. The van der Waals surface area contributed by atoms with Crippen LogP contribution in [-0.2, 0) is 10.3 Å². The Kier molecular flexibility index (Phi) is 2.55. The lowest BCUT2D eigenvalue weighted by Crippen LogP contribution is -2.50. The largest absolute Gasteiger partial charge is 0.338 e. The molecule has 1 saturated carbocycles. The fraction of sp³-hybridized carbons (Fsp3) is 0.429. The summed E-state index contributed by atoms with van der Waals surface area (Å²) in [5.41, 5.74) is 0.0332. The van der Waals surface area contributed by atoms with Crippen molar-refractivity contribution in [1.29, 1.82) is 5.41 Å². The van der Waals surface area contributed by atoms with Crippen LogP contribution in [-0.4, -0.2) is 23.8 Å². The number of halogens is 1. The molecule has 1 amide bonds. The van der Waals surface area contributed by atoms with Crippen LogP contribution in [0.4, 0.5) is 0 Å². The molecule has 5 heteroatoms.